The topological polar surface area (TPSA) is 62.7 Å². The number of alkyl halides is 4. The fourth-order valence-corrected chi connectivity index (χ4v) is 6.31. The van der Waals surface area contributed by atoms with Crippen LogP contribution >= 0.6 is 11.8 Å². The highest BCUT2D eigenvalue weighted by molar-refractivity contribution is 7.99. The van der Waals surface area contributed by atoms with E-state index in [0.717, 1.165) is 54.1 Å². The number of ether oxygens (including phenoxy) is 1. The van der Waals surface area contributed by atoms with Gasteiger partial charge in [-0.2, -0.15) is 13.2 Å². The summed E-state index contributed by atoms with van der Waals surface area (Å²) < 4.78 is 59.0. The molecule has 5 nitrogen and oxygen atoms in total. The van der Waals surface area contributed by atoms with Gasteiger partial charge in [0, 0.05) is 29.4 Å². The molecule has 1 fully saturated rings. The van der Waals surface area contributed by atoms with Gasteiger partial charge in [0.05, 0.1) is 18.2 Å². The first-order valence-corrected chi connectivity index (χ1v) is 14.4. The van der Waals surface area contributed by atoms with E-state index in [9.17, 15) is 23.1 Å². The number of carboxylic acid groups (broad SMARTS) is 1. The van der Waals surface area contributed by atoms with Crippen LogP contribution < -0.4 is 4.74 Å². The highest BCUT2D eigenvalue weighted by Gasteiger charge is 2.32. The molecule has 3 atom stereocenters. The summed E-state index contributed by atoms with van der Waals surface area (Å²) in [6, 6.07) is 12.3. The molecule has 1 aliphatic rings. The van der Waals surface area contributed by atoms with Crippen molar-refractivity contribution < 1.29 is 32.2 Å². The predicted molar refractivity (Wildman–Crippen MR) is 148 cm³/mol. The fraction of sp³-hybridized carbons (Fsp3) is 0.467. The molecule has 1 unspecified atom stereocenters. The van der Waals surface area contributed by atoms with Gasteiger partial charge in [0.15, 0.2) is 0 Å². The molecular weight excluding hydrogens is 544 g/mol. The highest BCUT2D eigenvalue weighted by Crippen LogP contribution is 2.36. The predicted octanol–water partition coefficient (Wildman–Crippen LogP) is 7.65. The van der Waals surface area contributed by atoms with E-state index in [1.165, 1.54) is 23.9 Å². The fourth-order valence-electron chi connectivity index (χ4n) is 5.48. The molecule has 216 valence electrons. The van der Waals surface area contributed by atoms with Crippen LogP contribution in [0, 0.1) is 11.8 Å². The minimum Gasteiger partial charge on any atom is -0.497 e. The lowest BCUT2D eigenvalue weighted by atomic mass is 9.79. The van der Waals surface area contributed by atoms with Crippen molar-refractivity contribution in [3.8, 4) is 5.75 Å². The van der Waals surface area contributed by atoms with Gasteiger partial charge in [-0.05, 0) is 110 Å². The summed E-state index contributed by atoms with van der Waals surface area (Å²) in [7, 11) is 1.57. The molecule has 40 heavy (non-hydrogen) atoms. The van der Waals surface area contributed by atoms with Crippen molar-refractivity contribution in [2.75, 3.05) is 32.5 Å². The Morgan fingerprint density at radius 1 is 1.18 bits per heavy atom. The van der Waals surface area contributed by atoms with Crippen LogP contribution in [-0.2, 0) is 11.0 Å². The number of halogens is 4. The maximum absolute atomic E-state index is 15.5. The van der Waals surface area contributed by atoms with E-state index in [0.29, 0.717) is 36.2 Å². The Bertz CT molecular complexity index is 1270. The number of likely N-dealkylation sites (tertiary alicyclic amines) is 1. The Morgan fingerprint density at radius 2 is 1.95 bits per heavy atom. The van der Waals surface area contributed by atoms with Crippen molar-refractivity contribution in [3.05, 3.63) is 65.9 Å². The Hall–Kier alpha value is -2.85. The lowest BCUT2D eigenvalue weighted by molar-refractivity contribution is -0.139. The second kappa shape index (κ2) is 13.7. The SMILES string of the molecule is COc1ccc2nccc(C(F)CC[C@@H]3CCN(CCCSc4ccc(C(F)(F)F)cc4)C[C@@H]3CC(=O)O)c2c1. The average molecular weight is 579 g/mol. The molecule has 1 N–H and O–H groups in total. The lowest BCUT2D eigenvalue weighted by Gasteiger charge is -2.38. The average Bonchev–Trinajstić information content (AvgIpc) is 2.93. The molecule has 0 spiro atoms. The third kappa shape index (κ3) is 8.10. The number of aromatic nitrogens is 1. The first-order chi connectivity index (χ1) is 19.1. The molecule has 0 saturated carbocycles. The molecule has 0 aliphatic carbocycles. The van der Waals surface area contributed by atoms with Crippen LogP contribution in [0.2, 0.25) is 0 Å². The van der Waals surface area contributed by atoms with Gasteiger partial charge < -0.3 is 14.7 Å². The van der Waals surface area contributed by atoms with E-state index in [1.54, 1.807) is 31.5 Å². The van der Waals surface area contributed by atoms with E-state index < -0.39 is 23.9 Å². The zero-order valence-electron chi connectivity index (χ0n) is 22.4. The molecule has 4 rings (SSSR count). The van der Waals surface area contributed by atoms with Gasteiger partial charge in [0.25, 0.3) is 0 Å². The number of fused-ring (bicyclic) bond motifs is 1. The molecular formula is C30H34F4N2O3S. The number of rotatable bonds is 12. The number of hydrogen-bond donors (Lipinski definition) is 1. The van der Waals surface area contributed by atoms with Gasteiger partial charge in [-0.25, -0.2) is 4.39 Å². The maximum atomic E-state index is 15.5. The van der Waals surface area contributed by atoms with Crippen molar-refractivity contribution in [1.82, 2.24) is 9.88 Å². The molecule has 1 saturated heterocycles. The van der Waals surface area contributed by atoms with E-state index >= 15 is 4.39 Å². The molecule has 10 heteroatoms. The van der Waals surface area contributed by atoms with Crippen LogP contribution in [-0.4, -0.2) is 53.5 Å². The molecule has 1 aromatic heterocycles. The molecule has 0 amide bonds. The molecule has 2 heterocycles. The summed E-state index contributed by atoms with van der Waals surface area (Å²) in [5.74, 6) is 0.604. The third-order valence-corrected chi connectivity index (χ3v) is 8.69. The van der Waals surface area contributed by atoms with Gasteiger partial charge in [0.1, 0.15) is 11.9 Å². The minimum atomic E-state index is -4.34. The van der Waals surface area contributed by atoms with Gasteiger partial charge in [-0.15, -0.1) is 11.8 Å². The Labute approximate surface area is 235 Å². The standard InChI is InChI=1S/C30H34F4N2O3S/c1-39-23-6-10-28-26(18-23)25(11-13-35-28)27(31)9-3-20-12-15-36(19-21(20)17-29(37)38)14-2-16-40-24-7-4-22(5-8-24)30(32,33)34/h4-8,10-11,13,18,20-21,27H,2-3,9,12,14-17,19H2,1H3,(H,37,38)/t20-,21+,27?/m1/s1. The highest BCUT2D eigenvalue weighted by atomic mass is 32.2. The second-order valence-corrected chi connectivity index (χ2v) is 11.4. The van der Waals surface area contributed by atoms with Gasteiger partial charge in [0.2, 0.25) is 0 Å². The quantitative estimate of drug-likeness (QED) is 0.135. The van der Waals surface area contributed by atoms with Crippen molar-refractivity contribution in [3.63, 3.8) is 0 Å². The normalized spacial score (nSPS) is 19.0. The number of carboxylic acids is 1. The summed E-state index contributed by atoms with van der Waals surface area (Å²) in [4.78, 5) is 19.0. The van der Waals surface area contributed by atoms with E-state index in [-0.39, 0.29) is 18.3 Å². The number of aliphatic carboxylic acids is 1. The van der Waals surface area contributed by atoms with E-state index in [2.05, 4.69) is 9.88 Å². The Kier molecular flexibility index (Phi) is 10.3. The number of nitrogens with zero attached hydrogens (tertiary/aromatic N) is 2. The number of pyridine rings is 1. The number of hydrogen-bond acceptors (Lipinski definition) is 5. The van der Waals surface area contributed by atoms with Crippen molar-refractivity contribution in [1.29, 1.82) is 0 Å². The van der Waals surface area contributed by atoms with Crippen molar-refractivity contribution in [2.45, 2.75) is 49.3 Å². The van der Waals surface area contributed by atoms with Crippen LogP contribution in [0.15, 0.2) is 59.6 Å². The summed E-state index contributed by atoms with van der Waals surface area (Å²) in [6.07, 6.45) is -1.32. The smallest absolute Gasteiger partial charge is 0.416 e. The number of piperidine rings is 1. The second-order valence-electron chi connectivity index (χ2n) is 10.3. The molecule has 2 aromatic carbocycles. The van der Waals surface area contributed by atoms with Gasteiger partial charge >= 0.3 is 12.1 Å². The summed E-state index contributed by atoms with van der Waals surface area (Å²) in [5.41, 5.74) is 0.619. The van der Waals surface area contributed by atoms with Crippen LogP contribution in [0.4, 0.5) is 17.6 Å². The van der Waals surface area contributed by atoms with Crippen molar-refractivity contribution in [2.24, 2.45) is 11.8 Å². The number of benzene rings is 2. The minimum absolute atomic E-state index is 0.0494. The first kappa shape index (κ1) is 30.1. The Morgan fingerprint density at radius 3 is 2.65 bits per heavy atom. The largest absolute Gasteiger partial charge is 0.497 e. The molecule has 3 aromatic rings. The summed E-state index contributed by atoms with van der Waals surface area (Å²) in [5, 5.41) is 10.2. The zero-order valence-corrected chi connectivity index (χ0v) is 23.2. The maximum Gasteiger partial charge on any atom is 0.416 e. The summed E-state index contributed by atoms with van der Waals surface area (Å²) >= 11 is 1.51. The van der Waals surface area contributed by atoms with Crippen LogP contribution in [0.1, 0.15) is 49.4 Å². The number of thioether (sulfide) groups is 1. The molecule has 0 bridgehead atoms. The van der Waals surface area contributed by atoms with Gasteiger partial charge in [-0.3, -0.25) is 9.78 Å². The third-order valence-electron chi connectivity index (χ3n) is 7.59. The van der Waals surface area contributed by atoms with Crippen LogP contribution in [0.5, 0.6) is 5.75 Å². The number of methoxy groups -OCH3 is 1. The molecule has 0 radical (unpaired) electrons. The van der Waals surface area contributed by atoms with Crippen LogP contribution in [0.25, 0.3) is 10.9 Å². The van der Waals surface area contributed by atoms with E-state index in [1.807, 2.05) is 6.07 Å². The molecule has 1 aliphatic heterocycles. The lowest BCUT2D eigenvalue weighted by Crippen LogP contribution is -2.42. The zero-order chi connectivity index (χ0) is 28.7. The first-order valence-electron chi connectivity index (χ1n) is 13.4. The number of carbonyl (C=O) groups is 1. The van der Waals surface area contributed by atoms with Gasteiger partial charge in [-0.1, -0.05) is 0 Å². The van der Waals surface area contributed by atoms with E-state index in [4.69, 9.17) is 4.74 Å². The Balaban J connectivity index is 1.28. The monoisotopic (exact) mass is 578 g/mol. The summed E-state index contributed by atoms with van der Waals surface area (Å²) in [6.45, 7) is 2.25. The van der Waals surface area contributed by atoms with Crippen molar-refractivity contribution >= 4 is 28.6 Å². The van der Waals surface area contributed by atoms with Crippen LogP contribution in [0.3, 0.4) is 0 Å².